The molecule has 3 rings (SSSR count). The average molecular weight is 247 g/mol. The molecule has 0 amide bonds. The van der Waals surface area contributed by atoms with Crippen LogP contribution in [0.15, 0.2) is 17.0 Å². The van der Waals surface area contributed by atoms with Crippen LogP contribution in [-0.2, 0) is 6.42 Å². The van der Waals surface area contributed by atoms with E-state index in [2.05, 4.69) is 26.6 Å². The topological polar surface area (TPSA) is 82.8 Å². The van der Waals surface area contributed by atoms with Gasteiger partial charge in [0.15, 0.2) is 5.82 Å². The number of aromatic nitrogens is 4. The first-order chi connectivity index (χ1) is 8.79. The van der Waals surface area contributed by atoms with Gasteiger partial charge in [0, 0.05) is 12.5 Å². The minimum atomic E-state index is -0.359. The molecule has 0 radical (unpaired) electrons. The maximum atomic E-state index is 6.19. The SMILES string of the molecule is CCCc1nc(C(N)c2cncn2C2CC2)no1. The third-order valence-electron chi connectivity index (χ3n) is 3.18. The van der Waals surface area contributed by atoms with Gasteiger partial charge < -0.3 is 14.8 Å². The van der Waals surface area contributed by atoms with Crippen molar-refractivity contribution in [1.29, 1.82) is 0 Å². The average Bonchev–Trinajstić information content (AvgIpc) is 2.93. The maximum absolute atomic E-state index is 6.19. The molecule has 1 atom stereocenters. The number of hydrogen-bond donors (Lipinski definition) is 1. The van der Waals surface area contributed by atoms with Gasteiger partial charge in [0.05, 0.1) is 18.2 Å². The smallest absolute Gasteiger partial charge is 0.226 e. The van der Waals surface area contributed by atoms with E-state index in [1.54, 1.807) is 6.20 Å². The zero-order chi connectivity index (χ0) is 12.5. The molecular formula is C12H17N5O. The van der Waals surface area contributed by atoms with Gasteiger partial charge in [0.1, 0.15) is 6.04 Å². The zero-order valence-corrected chi connectivity index (χ0v) is 10.4. The number of nitrogens with zero attached hydrogens (tertiary/aromatic N) is 4. The standard InChI is InChI=1S/C12H17N5O/c1-2-3-10-15-12(16-18-10)11(13)9-6-14-7-17(9)8-4-5-8/h6-8,11H,2-5,13H2,1H3. The van der Waals surface area contributed by atoms with E-state index in [-0.39, 0.29) is 6.04 Å². The minimum Gasteiger partial charge on any atom is -0.339 e. The lowest BCUT2D eigenvalue weighted by molar-refractivity contribution is 0.370. The second-order valence-corrected chi connectivity index (χ2v) is 4.73. The second-order valence-electron chi connectivity index (χ2n) is 4.73. The Morgan fingerprint density at radius 3 is 3.11 bits per heavy atom. The summed E-state index contributed by atoms with van der Waals surface area (Å²) in [5.74, 6) is 1.20. The van der Waals surface area contributed by atoms with Crippen LogP contribution in [0.4, 0.5) is 0 Å². The summed E-state index contributed by atoms with van der Waals surface area (Å²) in [7, 11) is 0. The number of aryl methyl sites for hydroxylation is 1. The molecule has 2 N–H and O–H groups in total. The van der Waals surface area contributed by atoms with E-state index in [1.165, 1.54) is 12.8 Å². The fourth-order valence-corrected chi connectivity index (χ4v) is 2.06. The van der Waals surface area contributed by atoms with Crippen LogP contribution < -0.4 is 5.73 Å². The van der Waals surface area contributed by atoms with Gasteiger partial charge in [0.25, 0.3) is 0 Å². The molecule has 2 aromatic heterocycles. The fraction of sp³-hybridized carbons (Fsp3) is 0.583. The van der Waals surface area contributed by atoms with Crippen molar-refractivity contribution in [1.82, 2.24) is 19.7 Å². The molecule has 1 saturated carbocycles. The molecule has 6 nitrogen and oxygen atoms in total. The molecule has 6 heteroatoms. The largest absolute Gasteiger partial charge is 0.339 e. The van der Waals surface area contributed by atoms with Gasteiger partial charge >= 0.3 is 0 Å². The van der Waals surface area contributed by atoms with Crippen LogP contribution in [-0.4, -0.2) is 19.7 Å². The molecule has 0 aliphatic heterocycles. The monoisotopic (exact) mass is 247 g/mol. The van der Waals surface area contributed by atoms with Gasteiger partial charge in [-0.2, -0.15) is 4.98 Å². The predicted molar refractivity (Wildman–Crippen MR) is 64.8 cm³/mol. The van der Waals surface area contributed by atoms with Crippen LogP contribution >= 0.6 is 0 Å². The Balaban J connectivity index is 1.83. The first-order valence-electron chi connectivity index (χ1n) is 6.39. The molecule has 1 unspecified atom stereocenters. The predicted octanol–water partition coefficient (Wildman–Crippen LogP) is 1.60. The molecule has 0 spiro atoms. The lowest BCUT2D eigenvalue weighted by Crippen LogP contribution is -2.17. The summed E-state index contributed by atoms with van der Waals surface area (Å²) in [6, 6.07) is 0.193. The van der Waals surface area contributed by atoms with Crippen molar-refractivity contribution in [2.24, 2.45) is 5.73 Å². The highest BCUT2D eigenvalue weighted by Crippen LogP contribution is 2.37. The van der Waals surface area contributed by atoms with E-state index in [9.17, 15) is 0 Å². The minimum absolute atomic E-state index is 0.359. The van der Waals surface area contributed by atoms with Crippen LogP contribution in [0.25, 0.3) is 0 Å². The van der Waals surface area contributed by atoms with E-state index in [0.29, 0.717) is 17.8 Å². The van der Waals surface area contributed by atoms with Crippen molar-refractivity contribution in [3.05, 3.63) is 29.9 Å². The van der Waals surface area contributed by atoms with Gasteiger partial charge in [-0.05, 0) is 19.3 Å². The third kappa shape index (κ3) is 2.03. The molecule has 2 heterocycles. The van der Waals surface area contributed by atoms with Crippen molar-refractivity contribution in [2.75, 3.05) is 0 Å². The van der Waals surface area contributed by atoms with Gasteiger partial charge in [-0.3, -0.25) is 0 Å². The van der Waals surface area contributed by atoms with Crippen LogP contribution in [0.2, 0.25) is 0 Å². The first kappa shape index (κ1) is 11.4. The van der Waals surface area contributed by atoms with E-state index in [4.69, 9.17) is 10.3 Å². The number of nitrogens with two attached hydrogens (primary N) is 1. The highest BCUT2D eigenvalue weighted by atomic mass is 16.5. The highest BCUT2D eigenvalue weighted by Gasteiger charge is 2.28. The Hall–Kier alpha value is -1.69. The summed E-state index contributed by atoms with van der Waals surface area (Å²) >= 11 is 0. The molecule has 0 bridgehead atoms. The van der Waals surface area contributed by atoms with Crippen molar-refractivity contribution in [3.63, 3.8) is 0 Å². The Morgan fingerprint density at radius 1 is 1.56 bits per heavy atom. The van der Waals surface area contributed by atoms with Gasteiger partial charge in [-0.25, -0.2) is 4.98 Å². The van der Waals surface area contributed by atoms with Crippen molar-refractivity contribution in [3.8, 4) is 0 Å². The van der Waals surface area contributed by atoms with Crippen molar-refractivity contribution in [2.45, 2.75) is 44.7 Å². The summed E-state index contributed by atoms with van der Waals surface area (Å²) in [5, 5.41) is 3.96. The summed E-state index contributed by atoms with van der Waals surface area (Å²) in [5.41, 5.74) is 7.15. The van der Waals surface area contributed by atoms with E-state index in [0.717, 1.165) is 18.5 Å². The summed E-state index contributed by atoms with van der Waals surface area (Å²) in [4.78, 5) is 8.50. The number of rotatable bonds is 5. The number of imidazole rings is 1. The summed E-state index contributed by atoms with van der Waals surface area (Å²) in [6.45, 7) is 2.08. The quantitative estimate of drug-likeness (QED) is 0.867. The first-order valence-corrected chi connectivity index (χ1v) is 6.39. The maximum Gasteiger partial charge on any atom is 0.226 e. The molecule has 1 aliphatic rings. The Bertz CT molecular complexity index is 528. The second kappa shape index (κ2) is 4.53. The van der Waals surface area contributed by atoms with Crippen LogP contribution in [0, 0.1) is 0 Å². The van der Waals surface area contributed by atoms with Gasteiger partial charge in [-0.15, -0.1) is 0 Å². The van der Waals surface area contributed by atoms with Crippen LogP contribution in [0.3, 0.4) is 0 Å². The molecule has 18 heavy (non-hydrogen) atoms. The molecule has 96 valence electrons. The van der Waals surface area contributed by atoms with Gasteiger partial charge in [-0.1, -0.05) is 12.1 Å². The third-order valence-corrected chi connectivity index (χ3v) is 3.18. The van der Waals surface area contributed by atoms with Crippen LogP contribution in [0.1, 0.15) is 55.7 Å². The summed E-state index contributed by atoms with van der Waals surface area (Å²) < 4.78 is 7.29. The molecule has 0 aromatic carbocycles. The van der Waals surface area contributed by atoms with Crippen molar-refractivity contribution < 1.29 is 4.52 Å². The molecule has 1 fully saturated rings. The van der Waals surface area contributed by atoms with Gasteiger partial charge in [0.2, 0.25) is 5.89 Å². The molecule has 0 saturated heterocycles. The highest BCUT2D eigenvalue weighted by molar-refractivity contribution is 5.16. The Morgan fingerprint density at radius 2 is 2.39 bits per heavy atom. The fourth-order valence-electron chi connectivity index (χ4n) is 2.06. The molecule has 1 aliphatic carbocycles. The molecular weight excluding hydrogens is 230 g/mol. The normalized spacial score (nSPS) is 17.0. The summed E-state index contributed by atoms with van der Waals surface area (Å²) in [6.07, 6.45) is 7.80. The Labute approximate surface area is 105 Å². The van der Waals surface area contributed by atoms with E-state index < -0.39 is 0 Å². The van der Waals surface area contributed by atoms with Crippen LogP contribution in [0.5, 0.6) is 0 Å². The van der Waals surface area contributed by atoms with Crippen molar-refractivity contribution >= 4 is 0 Å². The number of hydrogen-bond acceptors (Lipinski definition) is 5. The van der Waals surface area contributed by atoms with E-state index in [1.807, 2.05) is 6.33 Å². The zero-order valence-electron chi connectivity index (χ0n) is 10.4. The molecule has 2 aromatic rings. The Kier molecular flexibility index (Phi) is 2.87. The lowest BCUT2D eigenvalue weighted by atomic mass is 10.2. The van der Waals surface area contributed by atoms with E-state index >= 15 is 0 Å². The lowest BCUT2D eigenvalue weighted by Gasteiger charge is -2.10.